The van der Waals surface area contributed by atoms with Crippen molar-refractivity contribution >= 4 is 6.03 Å². The largest absolute Gasteiger partial charge is 0.393 e. The maximum atomic E-state index is 12.7. The molecule has 3 atom stereocenters. The van der Waals surface area contributed by atoms with Crippen molar-refractivity contribution in [3.8, 4) is 0 Å². The quantitative estimate of drug-likeness (QED) is 0.754. The lowest BCUT2D eigenvalue weighted by atomic mass is 10.0. The molecule has 0 spiro atoms. The monoisotopic (exact) mass is 342 g/mol. The van der Waals surface area contributed by atoms with Crippen molar-refractivity contribution in [2.75, 3.05) is 13.6 Å². The third-order valence-corrected chi connectivity index (χ3v) is 4.93. The molecule has 3 rings (SSSR count). The van der Waals surface area contributed by atoms with Crippen LogP contribution in [-0.4, -0.2) is 45.7 Å². The second-order valence-electron chi connectivity index (χ2n) is 6.79. The Bertz CT molecular complexity index is 659. The standard InChI is InChI=1S/C19H26N4O2/c1-23(13-15-8-5-9-17(15)24)19(25)22-16(12-18-20-10-11-21-18)14-6-3-2-4-7-14/h2-4,6-7,10-11,15-17,24H,5,8-9,12-13H2,1H3,(H,20,21)(H,22,25)/t15-,16-,17+/m0/s1. The molecule has 2 aromatic rings. The van der Waals surface area contributed by atoms with Gasteiger partial charge < -0.3 is 20.3 Å². The summed E-state index contributed by atoms with van der Waals surface area (Å²) in [7, 11) is 1.79. The van der Waals surface area contributed by atoms with Gasteiger partial charge in [-0.25, -0.2) is 9.78 Å². The smallest absolute Gasteiger partial charge is 0.317 e. The number of aliphatic hydroxyl groups excluding tert-OH is 1. The number of imidazole rings is 1. The Morgan fingerprint density at radius 1 is 1.40 bits per heavy atom. The number of hydrogen-bond acceptors (Lipinski definition) is 3. The summed E-state index contributed by atoms with van der Waals surface area (Å²) >= 11 is 0. The number of carbonyl (C=O) groups is 1. The molecule has 1 aliphatic rings. The van der Waals surface area contributed by atoms with E-state index in [9.17, 15) is 9.90 Å². The van der Waals surface area contributed by atoms with E-state index in [0.717, 1.165) is 30.7 Å². The summed E-state index contributed by atoms with van der Waals surface area (Å²) in [5, 5.41) is 13.1. The molecule has 3 N–H and O–H groups in total. The fourth-order valence-corrected chi connectivity index (χ4v) is 3.46. The maximum absolute atomic E-state index is 12.7. The zero-order valence-corrected chi connectivity index (χ0v) is 14.6. The van der Waals surface area contributed by atoms with Crippen molar-refractivity contribution < 1.29 is 9.90 Å². The summed E-state index contributed by atoms with van der Waals surface area (Å²) in [5.74, 6) is 1.01. The van der Waals surface area contributed by atoms with Gasteiger partial charge in [0, 0.05) is 38.3 Å². The van der Waals surface area contributed by atoms with Crippen molar-refractivity contribution in [2.45, 2.75) is 37.8 Å². The molecule has 0 unspecified atom stereocenters. The first kappa shape index (κ1) is 17.5. The second kappa shape index (κ2) is 8.16. The first-order valence-electron chi connectivity index (χ1n) is 8.86. The zero-order chi connectivity index (χ0) is 17.6. The Labute approximate surface area is 148 Å². The normalized spacial score (nSPS) is 21.0. The zero-order valence-electron chi connectivity index (χ0n) is 14.6. The van der Waals surface area contributed by atoms with Crippen molar-refractivity contribution in [2.24, 2.45) is 5.92 Å². The van der Waals surface area contributed by atoms with E-state index in [2.05, 4.69) is 15.3 Å². The van der Waals surface area contributed by atoms with Gasteiger partial charge in [-0.05, 0) is 18.4 Å². The molecular weight excluding hydrogens is 316 g/mol. The summed E-state index contributed by atoms with van der Waals surface area (Å²) < 4.78 is 0. The third kappa shape index (κ3) is 4.60. The highest BCUT2D eigenvalue weighted by Gasteiger charge is 2.28. The van der Waals surface area contributed by atoms with Crippen LogP contribution in [0.4, 0.5) is 4.79 Å². The van der Waals surface area contributed by atoms with Gasteiger partial charge >= 0.3 is 6.03 Å². The number of nitrogens with zero attached hydrogens (tertiary/aromatic N) is 2. The SMILES string of the molecule is CN(C[C@@H]1CCC[C@H]1O)C(=O)N[C@@H](Cc1ncc[nH]1)c1ccccc1. The second-order valence-corrected chi connectivity index (χ2v) is 6.79. The molecule has 0 aliphatic heterocycles. The Hall–Kier alpha value is -2.34. The average molecular weight is 342 g/mol. The molecule has 1 aliphatic carbocycles. The molecule has 1 heterocycles. The van der Waals surface area contributed by atoms with E-state index in [1.807, 2.05) is 30.3 Å². The topological polar surface area (TPSA) is 81.2 Å². The molecule has 134 valence electrons. The number of amides is 2. The van der Waals surface area contributed by atoms with Gasteiger partial charge in [-0.3, -0.25) is 0 Å². The van der Waals surface area contributed by atoms with Crippen molar-refractivity contribution in [3.63, 3.8) is 0 Å². The van der Waals surface area contributed by atoms with Gasteiger partial charge in [0.15, 0.2) is 0 Å². The van der Waals surface area contributed by atoms with E-state index >= 15 is 0 Å². The molecule has 6 nitrogen and oxygen atoms in total. The number of hydrogen-bond donors (Lipinski definition) is 3. The van der Waals surface area contributed by atoms with Crippen LogP contribution in [-0.2, 0) is 6.42 Å². The lowest BCUT2D eigenvalue weighted by molar-refractivity contribution is 0.113. The van der Waals surface area contributed by atoms with Gasteiger partial charge in [-0.1, -0.05) is 36.8 Å². The first-order chi connectivity index (χ1) is 12.1. The minimum Gasteiger partial charge on any atom is -0.393 e. The molecule has 0 bridgehead atoms. The minimum absolute atomic E-state index is 0.125. The number of benzene rings is 1. The van der Waals surface area contributed by atoms with Crippen molar-refractivity contribution in [3.05, 3.63) is 54.1 Å². The van der Waals surface area contributed by atoms with Crippen LogP contribution < -0.4 is 5.32 Å². The molecule has 1 fully saturated rings. The molecule has 6 heteroatoms. The number of carbonyl (C=O) groups excluding carboxylic acids is 1. The Kier molecular flexibility index (Phi) is 5.71. The molecule has 25 heavy (non-hydrogen) atoms. The summed E-state index contributed by atoms with van der Waals surface area (Å²) in [6, 6.07) is 9.63. The van der Waals surface area contributed by atoms with Gasteiger partial charge in [0.05, 0.1) is 12.1 Å². The molecule has 2 amide bonds. The van der Waals surface area contributed by atoms with Crippen LogP contribution in [0, 0.1) is 5.92 Å². The molecule has 1 saturated carbocycles. The molecule has 0 radical (unpaired) electrons. The average Bonchev–Trinajstić information content (AvgIpc) is 3.27. The predicted octanol–water partition coefficient (Wildman–Crippen LogP) is 2.50. The molecular formula is C19H26N4O2. The van der Waals surface area contributed by atoms with Crippen LogP contribution in [0.15, 0.2) is 42.7 Å². The van der Waals surface area contributed by atoms with Crippen LogP contribution in [0.3, 0.4) is 0 Å². The number of urea groups is 1. The first-order valence-corrected chi connectivity index (χ1v) is 8.86. The van der Waals surface area contributed by atoms with E-state index in [4.69, 9.17) is 0 Å². The van der Waals surface area contributed by atoms with Gasteiger partial charge in [-0.15, -0.1) is 0 Å². The van der Waals surface area contributed by atoms with Crippen molar-refractivity contribution in [1.29, 1.82) is 0 Å². The summed E-state index contributed by atoms with van der Waals surface area (Å²) in [5.41, 5.74) is 1.04. The van der Waals surface area contributed by atoms with Gasteiger partial charge in [0.2, 0.25) is 0 Å². The highest BCUT2D eigenvalue weighted by atomic mass is 16.3. The van der Waals surface area contributed by atoms with Crippen LogP contribution in [0.25, 0.3) is 0 Å². The predicted molar refractivity (Wildman–Crippen MR) is 96.0 cm³/mol. The van der Waals surface area contributed by atoms with E-state index in [1.54, 1.807) is 24.3 Å². The summed E-state index contributed by atoms with van der Waals surface area (Å²) in [4.78, 5) is 21.7. The van der Waals surface area contributed by atoms with Gasteiger partial charge in [0.25, 0.3) is 0 Å². The lowest BCUT2D eigenvalue weighted by Gasteiger charge is -2.26. The van der Waals surface area contributed by atoms with E-state index in [-0.39, 0.29) is 24.1 Å². The maximum Gasteiger partial charge on any atom is 0.317 e. The highest BCUT2D eigenvalue weighted by Crippen LogP contribution is 2.26. The highest BCUT2D eigenvalue weighted by molar-refractivity contribution is 5.74. The minimum atomic E-state index is -0.289. The van der Waals surface area contributed by atoms with Crippen LogP contribution >= 0.6 is 0 Å². The van der Waals surface area contributed by atoms with Crippen LogP contribution in [0.1, 0.15) is 36.7 Å². The van der Waals surface area contributed by atoms with Crippen LogP contribution in [0.5, 0.6) is 0 Å². The Morgan fingerprint density at radius 3 is 2.84 bits per heavy atom. The van der Waals surface area contributed by atoms with E-state index in [0.29, 0.717) is 13.0 Å². The van der Waals surface area contributed by atoms with Gasteiger partial charge in [0.1, 0.15) is 5.82 Å². The Balaban J connectivity index is 1.65. The lowest BCUT2D eigenvalue weighted by Crippen LogP contribution is -2.43. The van der Waals surface area contributed by atoms with E-state index < -0.39 is 0 Å². The number of aromatic nitrogens is 2. The number of nitrogens with one attached hydrogen (secondary N) is 2. The number of aromatic amines is 1. The Morgan fingerprint density at radius 2 is 2.20 bits per heavy atom. The number of rotatable bonds is 6. The van der Waals surface area contributed by atoms with E-state index in [1.165, 1.54) is 0 Å². The van der Waals surface area contributed by atoms with Gasteiger partial charge in [-0.2, -0.15) is 0 Å². The number of aliphatic hydroxyl groups is 1. The van der Waals surface area contributed by atoms with Crippen molar-refractivity contribution in [1.82, 2.24) is 20.2 Å². The summed E-state index contributed by atoms with van der Waals surface area (Å²) in [6.45, 7) is 0.579. The molecule has 1 aromatic carbocycles. The number of H-pyrrole nitrogens is 1. The summed E-state index contributed by atoms with van der Waals surface area (Å²) in [6.07, 6.45) is 6.66. The molecule has 0 saturated heterocycles. The molecule has 1 aromatic heterocycles. The third-order valence-electron chi connectivity index (χ3n) is 4.93. The fraction of sp³-hybridized carbons (Fsp3) is 0.474. The fourth-order valence-electron chi connectivity index (χ4n) is 3.46. The van der Waals surface area contributed by atoms with Crippen LogP contribution in [0.2, 0.25) is 0 Å².